The molecule has 0 fully saturated rings. The summed E-state index contributed by atoms with van der Waals surface area (Å²) >= 11 is 8.93. The Bertz CT molecular complexity index is 1550. The third-order valence-corrected chi connectivity index (χ3v) is 6.58. The first kappa shape index (κ1) is 24.5. The first-order valence-electron chi connectivity index (χ1n) is 10.4. The van der Waals surface area contributed by atoms with Crippen LogP contribution in [0.25, 0.3) is 10.9 Å². The number of benzene rings is 3. The van der Waals surface area contributed by atoms with Crippen LogP contribution in [0.5, 0.6) is 11.5 Å². The summed E-state index contributed by atoms with van der Waals surface area (Å²) in [4.78, 5) is 26.3. The van der Waals surface area contributed by atoms with E-state index in [2.05, 4.69) is 15.9 Å². The number of ether oxygens (including phenoxy) is 2. The smallest absolute Gasteiger partial charge is 0.272 e. The molecule has 0 spiro atoms. The average Bonchev–Trinajstić information content (AvgIpc) is 2.88. The molecular formula is C24H22BrN5O4S. The zero-order valence-corrected chi connectivity index (χ0v) is 21.3. The molecule has 11 heteroatoms. The van der Waals surface area contributed by atoms with Crippen LogP contribution in [0.1, 0.15) is 15.9 Å². The third kappa shape index (κ3) is 4.65. The van der Waals surface area contributed by atoms with Crippen LogP contribution in [0, 0.1) is 4.77 Å². The molecule has 0 aliphatic rings. The number of hydrogen-bond acceptors (Lipinski definition) is 7. The number of nitrogens with two attached hydrogens (primary N) is 2. The quantitative estimate of drug-likeness (QED) is 0.161. The van der Waals surface area contributed by atoms with Gasteiger partial charge in [-0.05, 0) is 88.3 Å². The number of anilines is 1. The Morgan fingerprint density at radius 2 is 1.77 bits per heavy atom. The van der Waals surface area contributed by atoms with E-state index in [-0.39, 0.29) is 22.4 Å². The van der Waals surface area contributed by atoms with Gasteiger partial charge in [-0.2, -0.15) is 0 Å². The van der Waals surface area contributed by atoms with Crippen molar-refractivity contribution in [3.63, 3.8) is 0 Å². The summed E-state index contributed by atoms with van der Waals surface area (Å²) in [6, 6.07) is 16.8. The van der Waals surface area contributed by atoms with Crippen molar-refractivity contribution in [3.05, 3.63) is 91.4 Å². The first-order chi connectivity index (χ1) is 16.7. The zero-order chi connectivity index (χ0) is 25.3. The summed E-state index contributed by atoms with van der Waals surface area (Å²) in [5.41, 5.74) is 1.55. The Hall–Kier alpha value is -3.67. The number of aromatic nitrogens is 2. The van der Waals surface area contributed by atoms with Gasteiger partial charge in [-0.15, -0.1) is 0 Å². The van der Waals surface area contributed by atoms with Crippen molar-refractivity contribution in [2.24, 2.45) is 5.84 Å². The zero-order valence-electron chi connectivity index (χ0n) is 18.9. The number of fused-ring (bicyclic) bond motifs is 1. The lowest BCUT2D eigenvalue weighted by atomic mass is 10.1. The van der Waals surface area contributed by atoms with E-state index in [0.717, 1.165) is 15.0 Å². The van der Waals surface area contributed by atoms with Gasteiger partial charge >= 0.3 is 0 Å². The highest BCUT2D eigenvalue weighted by atomic mass is 79.9. The molecule has 35 heavy (non-hydrogen) atoms. The van der Waals surface area contributed by atoms with Crippen molar-refractivity contribution >= 4 is 50.6 Å². The maximum absolute atomic E-state index is 13.3. The number of rotatable bonds is 6. The molecule has 4 aromatic rings. The molecule has 1 heterocycles. The van der Waals surface area contributed by atoms with E-state index in [4.69, 9.17) is 33.4 Å². The van der Waals surface area contributed by atoms with Gasteiger partial charge in [0.15, 0.2) is 0 Å². The van der Waals surface area contributed by atoms with Gasteiger partial charge in [0, 0.05) is 5.56 Å². The molecule has 0 aliphatic heterocycles. The molecule has 0 saturated heterocycles. The van der Waals surface area contributed by atoms with E-state index >= 15 is 0 Å². The summed E-state index contributed by atoms with van der Waals surface area (Å²) in [5, 5.41) is 1.33. The molecule has 0 atom stereocenters. The van der Waals surface area contributed by atoms with Crippen LogP contribution in [-0.2, 0) is 6.54 Å². The molecule has 3 aromatic carbocycles. The van der Waals surface area contributed by atoms with E-state index in [1.54, 1.807) is 50.6 Å². The van der Waals surface area contributed by atoms with Crippen LogP contribution in [0.4, 0.5) is 5.69 Å². The van der Waals surface area contributed by atoms with Gasteiger partial charge in [-0.1, -0.05) is 6.07 Å². The molecule has 0 aliphatic carbocycles. The Balaban J connectivity index is 1.71. The van der Waals surface area contributed by atoms with Crippen molar-refractivity contribution in [2.75, 3.05) is 25.1 Å². The number of carbonyl (C=O) groups is 1. The SMILES string of the molecule is COc1ccc(N(N)C(=O)c2ccc3c(=O)n(Cc4ccc(OC)c(Br)c4)c(=S)n(N)c3c2)cc1. The van der Waals surface area contributed by atoms with Gasteiger partial charge < -0.3 is 15.3 Å². The van der Waals surface area contributed by atoms with Crippen LogP contribution in [0.2, 0.25) is 0 Å². The lowest BCUT2D eigenvalue weighted by Gasteiger charge is -2.18. The lowest BCUT2D eigenvalue weighted by molar-refractivity contribution is 0.0987. The normalized spacial score (nSPS) is 10.9. The highest BCUT2D eigenvalue weighted by molar-refractivity contribution is 9.10. The largest absolute Gasteiger partial charge is 0.497 e. The summed E-state index contributed by atoms with van der Waals surface area (Å²) < 4.78 is 13.9. The number of hydrazine groups is 1. The number of carbonyl (C=O) groups excluding carboxylic acids is 1. The molecular weight excluding hydrogens is 534 g/mol. The minimum atomic E-state index is -0.477. The topological polar surface area (TPSA) is 118 Å². The number of halogens is 1. The summed E-state index contributed by atoms with van der Waals surface area (Å²) in [7, 11) is 3.13. The second-order valence-corrected chi connectivity index (χ2v) is 8.84. The maximum Gasteiger partial charge on any atom is 0.272 e. The van der Waals surface area contributed by atoms with Gasteiger partial charge in [0.2, 0.25) is 4.77 Å². The van der Waals surface area contributed by atoms with E-state index in [1.165, 1.54) is 21.4 Å². The van der Waals surface area contributed by atoms with Gasteiger partial charge in [0.05, 0.1) is 41.8 Å². The number of hydrogen-bond donors (Lipinski definition) is 2. The second-order valence-electron chi connectivity index (χ2n) is 7.62. The van der Waals surface area contributed by atoms with E-state index in [0.29, 0.717) is 28.1 Å². The summed E-state index contributed by atoms with van der Waals surface area (Å²) in [6.07, 6.45) is 0. The third-order valence-electron chi connectivity index (χ3n) is 5.54. The first-order valence-corrected chi connectivity index (χ1v) is 11.6. The average molecular weight is 556 g/mol. The van der Waals surface area contributed by atoms with Crippen LogP contribution in [0.15, 0.2) is 69.9 Å². The van der Waals surface area contributed by atoms with Crippen molar-refractivity contribution in [3.8, 4) is 11.5 Å². The van der Waals surface area contributed by atoms with Gasteiger partial charge in [0.25, 0.3) is 11.5 Å². The fraction of sp³-hybridized carbons (Fsp3) is 0.125. The Kier molecular flexibility index (Phi) is 6.92. The molecule has 0 radical (unpaired) electrons. The fourth-order valence-electron chi connectivity index (χ4n) is 3.64. The Morgan fingerprint density at radius 1 is 1.06 bits per heavy atom. The molecule has 4 N–H and O–H groups in total. The van der Waals surface area contributed by atoms with E-state index < -0.39 is 5.91 Å². The molecule has 9 nitrogen and oxygen atoms in total. The molecule has 0 bridgehead atoms. The van der Waals surface area contributed by atoms with Gasteiger partial charge in [-0.3, -0.25) is 14.2 Å². The summed E-state index contributed by atoms with van der Waals surface area (Å²) in [5.74, 6) is 13.1. The Labute approximate surface area is 214 Å². The minimum absolute atomic E-state index is 0.110. The molecule has 0 saturated carbocycles. The maximum atomic E-state index is 13.3. The lowest BCUT2D eigenvalue weighted by Crippen LogP contribution is -2.37. The number of methoxy groups -OCH3 is 2. The molecule has 0 unspecified atom stereocenters. The minimum Gasteiger partial charge on any atom is -0.497 e. The second kappa shape index (κ2) is 9.90. The number of amides is 1. The number of nitrogens with zero attached hydrogens (tertiary/aromatic N) is 3. The number of nitrogen functional groups attached to an aromatic ring is 1. The highest BCUT2D eigenvalue weighted by Crippen LogP contribution is 2.26. The van der Waals surface area contributed by atoms with Gasteiger partial charge in [-0.25, -0.2) is 15.5 Å². The molecule has 4 rings (SSSR count). The molecule has 180 valence electrons. The standard InChI is InChI=1S/C24H22BrN5O4S/c1-33-17-7-5-16(6-8-17)29(26)22(31)15-4-9-18-20(12-15)30(27)24(35)28(23(18)32)13-14-3-10-21(34-2)19(25)11-14/h3-12H,13,26-27H2,1-2H3. The van der Waals surface area contributed by atoms with Crippen LogP contribution in [-0.4, -0.2) is 29.4 Å². The highest BCUT2D eigenvalue weighted by Gasteiger charge is 2.18. The van der Waals surface area contributed by atoms with Crippen molar-refractivity contribution in [2.45, 2.75) is 6.54 Å². The monoisotopic (exact) mass is 555 g/mol. The van der Waals surface area contributed by atoms with Crippen LogP contribution in [0.3, 0.4) is 0 Å². The fourth-order valence-corrected chi connectivity index (χ4v) is 4.47. The van der Waals surface area contributed by atoms with Crippen LogP contribution >= 0.6 is 28.1 Å². The Morgan fingerprint density at radius 3 is 2.40 bits per heavy atom. The van der Waals surface area contributed by atoms with Crippen LogP contribution < -0.4 is 31.7 Å². The van der Waals surface area contributed by atoms with Crippen molar-refractivity contribution < 1.29 is 14.3 Å². The van der Waals surface area contributed by atoms with E-state index in [9.17, 15) is 9.59 Å². The predicted molar refractivity (Wildman–Crippen MR) is 141 cm³/mol. The van der Waals surface area contributed by atoms with E-state index in [1.807, 2.05) is 12.1 Å². The summed E-state index contributed by atoms with van der Waals surface area (Å²) in [6.45, 7) is 0.210. The van der Waals surface area contributed by atoms with Crippen molar-refractivity contribution in [1.82, 2.24) is 9.24 Å². The van der Waals surface area contributed by atoms with Crippen molar-refractivity contribution in [1.29, 1.82) is 0 Å². The predicted octanol–water partition coefficient (Wildman–Crippen LogP) is 3.59. The molecule has 1 amide bonds. The van der Waals surface area contributed by atoms with Gasteiger partial charge in [0.1, 0.15) is 11.5 Å². The molecule has 1 aromatic heterocycles.